The average Bonchev–Trinajstić information content (AvgIpc) is 2.95. The topological polar surface area (TPSA) is 15.3 Å². The van der Waals surface area contributed by atoms with Crippen LogP contribution in [0.2, 0.25) is 0 Å². The van der Waals surface area contributed by atoms with Gasteiger partial charge in [-0.25, -0.2) is 0 Å². The van der Waals surface area contributed by atoms with Crippen LogP contribution in [-0.2, 0) is 0 Å². The highest BCUT2D eigenvalue weighted by Gasteiger charge is 2.35. The molecular formula is C18H32N2. The summed E-state index contributed by atoms with van der Waals surface area (Å²) in [5.74, 6) is 2.17. The second kappa shape index (κ2) is 5.96. The Bertz CT molecular complexity index is 329. The standard InChI is InChI=1S/C18H32N2/c1-2-5-15-12-16(8-7-14(15)4-1)19-17-9-11-20-10-3-6-18(20)13-17/h14-19H,1-13H2. The van der Waals surface area contributed by atoms with Crippen LogP contribution in [0.25, 0.3) is 0 Å². The van der Waals surface area contributed by atoms with Crippen molar-refractivity contribution in [1.82, 2.24) is 10.2 Å². The van der Waals surface area contributed by atoms with Gasteiger partial charge in [-0.05, 0) is 69.9 Å². The van der Waals surface area contributed by atoms with Crippen molar-refractivity contribution < 1.29 is 0 Å². The highest BCUT2D eigenvalue weighted by Crippen LogP contribution is 2.40. The van der Waals surface area contributed by atoms with Crippen molar-refractivity contribution in [2.45, 2.75) is 88.8 Å². The van der Waals surface area contributed by atoms with Crippen LogP contribution in [0.15, 0.2) is 0 Å². The summed E-state index contributed by atoms with van der Waals surface area (Å²) in [6.07, 6.45) is 16.3. The molecule has 4 rings (SSSR count). The Labute approximate surface area is 124 Å². The van der Waals surface area contributed by atoms with Crippen molar-refractivity contribution in [2.75, 3.05) is 13.1 Å². The van der Waals surface area contributed by atoms with Gasteiger partial charge >= 0.3 is 0 Å². The molecule has 0 aromatic heterocycles. The van der Waals surface area contributed by atoms with Crippen molar-refractivity contribution in [2.24, 2.45) is 11.8 Å². The summed E-state index contributed by atoms with van der Waals surface area (Å²) in [5, 5.41) is 4.08. The summed E-state index contributed by atoms with van der Waals surface area (Å²) in [6, 6.07) is 2.61. The molecular weight excluding hydrogens is 244 g/mol. The number of nitrogens with zero attached hydrogens (tertiary/aromatic N) is 1. The first-order valence-corrected chi connectivity index (χ1v) is 9.38. The van der Waals surface area contributed by atoms with E-state index in [9.17, 15) is 0 Å². The lowest BCUT2D eigenvalue weighted by Crippen LogP contribution is -2.50. The Morgan fingerprint density at radius 1 is 0.650 bits per heavy atom. The smallest absolute Gasteiger partial charge is 0.0111 e. The molecule has 114 valence electrons. The zero-order valence-electron chi connectivity index (χ0n) is 13.0. The minimum absolute atomic E-state index is 0.833. The number of rotatable bonds is 2. The van der Waals surface area contributed by atoms with E-state index in [2.05, 4.69) is 10.2 Å². The molecule has 0 aromatic carbocycles. The first-order valence-electron chi connectivity index (χ1n) is 9.38. The Kier molecular flexibility index (Phi) is 4.05. The lowest BCUT2D eigenvalue weighted by Gasteiger charge is -2.42. The average molecular weight is 276 g/mol. The summed E-state index contributed by atoms with van der Waals surface area (Å²) < 4.78 is 0. The molecule has 0 amide bonds. The predicted octanol–water partition coefficient (Wildman–Crippen LogP) is 3.56. The molecule has 2 saturated heterocycles. The maximum absolute atomic E-state index is 4.08. The number of nitrogens with one attached hydrogen (secondary N) is 1. The number of hydrogen-bond donors (Lipinski definition) is 1. The van der Waals surface area contributed by atoms with Gasteiger partial charge in [0.1, 0.15) is 0 Å². The van der Waals surface area contributed by atoms with Gasteiger partial charge in [-0.3, -0.25) is 0 Å². The summed E-state index contributed by atoms with van der Waals surface area (Å²) in [7, 11) is 0. The summed E-state index contributed by atoms with van der Waals surface area (Å²) in [6.45, 7) is 2.74. The molecule has 5 unspecified atom stereocenters. The van der Waals surface area contributed by atoms with E-state index >= 15 is 0 Å². The van der Waals surface area contributed by atoms with Crippen LogP contribution in [-0.4, -0.2) is 36.1 Å². The first kappa shape index (κ1) is 13.6. The van der Waals surface area contributed by atoms with E-state index in [4.69, 9.17) is 0 Å². The SMILES string of the molecule is C1CCC2CC(NC3CCN4CCCC4C3)CCC2C1. The zero-order chi connectivity index (χ0) is 13.4. The van der Waals surface area contributed by atoms with Crippen molar-refractivity contribution in [3.63, 3.8) is 0 Å². The van der Waals surface area contributed by atoms with Crippen LogP contribution < -0.4 is 5.32 Å². The Morgan fingerprint density at radius 2 is 1.50 bits per heavy atom. The van der Waals surface area contributed by atoms with Gasteiger partial charge in [-0.15, -0.1) is 0 Å². The highest BCUT2D eigenvalue weighted by molar-refractivity contribution is 4.92. The number of fused-ring (bicyclic) bond motifs is 2. The van der Waals surface area contributed by atoms with E-state index in [1.165, 1.54) is 83.7 Å². The normalized spacial score (nSPS) is 45.9. The van der Waals surface area contributed by atoms with Crippen LogP contribution in [0.4, 0.5) is 0 Å². The molecule has 5 atom stereocenters. The van der Waals surface area contributed by atoms with Gasteiger partial charge in [0, 0.05) is 18.1 Å². The van der Waals surface area contributed by atoms with Crippen LogP contribution in [0, 0.1) is 11.8 Å². The molecule has 20 heavy (non-hydrogen) atoms. The van der Waals surface area contributed by atoms with Crippen LogP contribution in [0.1, 0.15) is 70.6 Å². The maximum Gasteiger partial charge on any atom is 0.0111 e. The van der Waals surface area contributed by atoms with E-state index in [-0.39, 0.29) is 0 Å². The van der Waals surface area contributed by atoms with Crippen molar-refractivity contribution in [1.29, 1.82) is 0 Å². The quantitative estimate of drug-likeness (QED) is 0.829. The lowest BCUT2D eigenvalue weighted by molar-refractivity contribution is 0.117. The lowest BCUT2D eigenvalue weighted by atomic mass is 9.69. The minimum Gasteiger partial charge on any atom is -0.311 e. The Hall–Kier alpha value is -0.0800. The molecule has 2 aliphatic heterocycles. The molecule has 0 spiro atoms. The molecule has 0 radical (unpaired) electrons. The van der Waals surface area contributed by atoms with E-state index in [1.54, 1.807) is 0 Å². The van der Waals surface area contributed by atoms with Crippen LogP contribution in [0.5, 0.6) is 0 Å². The zero-order valence-corrected chi connectivity index (χ0v) is 13.0. The molecule has 0 bridgehead atoms. The van der Waals surface area contributed by atoms with E-state index in [0.29, 0.717) is 0 Å². The summed E-state index contributed by atoms with van der Waals surface area (Å²) in [5.41, 5.74) is 0. The molecule has 2 heteroatoms. The maximum atomic E-state index is 4.08. The molecule has 4 aliphatic rings. The second-order valence-electron chi connectivity index (χ2n) is 8.03. The van der Waals surface area contributed by atoms with Gasteiger partial charge in [-0.2, -0.15) is 0 Å². The number of hydrogen-bond acceptors (Lipinski definition) is 2. The minimum atomic E-state index is 0.833. The third-order valence-electron chi connectivity index (χ3n) is 6.83. The van der Waals surface area contributed by atoms with Gasteiger partial charge in [0.25, 0.3) is 0 Å². The van der Waals surface area contributed by atoms with Crippen molar-refractivity contribution in [3.05, 3.63) is 0 Å². The fourth-order valence-electron chi connectivity index (χ4n) is 5.73. The fourth-order valence-corrected chi connectivity index (χ4v) is 5.73. The summed E-state index contributed by atoms with van der Waals surface area (Å²) >= 11 is 0. The molecule has 2 saturated carbocycles. The van der Waals surface area contributed by atoms with Crippen molar-refractivity contribution >= 4 is 0 Å². The van der Waals surface area contributed by atoms with E-state index in [0.717, 1.165) is 30.0 Å². The summed E-state index contributed by atoms with van der Waals surface area (Å²) in [4.78, 5) is 2.75. The molecule has 4 fully saturated rings. The van der Waals surface area contributed by atoms with Gasteiger partial charge in [-0.1, -0.05) is 25.7 Å². The van der Waals surface area contributed by atoms with Crippen LogP contribution >= 0.6 is 0 Å². The van der Waals surface area contributed by atoms with Gasteiger partial charge < -0.3 is 10.2 Å². The largest absolute Gasteiger partial charge is 0.311 e. The highest BCUT2D eigenvalue weighted by atomic mass is 15.2. The molecule has 2 aliphatic carbocycles. The predicted molar refractivity (Wildman–Crippen MR) is 83.8 cm³/mol. The van der Waals surface area contributed by atoms with E-state index in [1.807, 2.05) is 0 Å². The first-order chi connectivity index (χ1) is 9.88. The fraction of sp³-hybridized carbons (Fsp3) is 1.00. The van der Waals surface area contributed by atoms with Gasteiger partial charge in [0.15, 0.2) is 0 Å². The third kappa shape index (κ3) is 2.78. The van der Waals surface area contributed by atoms with E-state index < -0.39 is 0 Å². The van der Waals surface area contributed by atoms with Crippen molar-refractivity contribution in [3.8, 4) is 0 Å². The van der Waals surface area contributed by atoms with Gasteiger partial charge in [0.2, 0.25) is 0 Å². The molecule has 2 heterocycles. The Balaban J connectivity index is 1.29. The monoisotopic (exact) mass is 276 g/mol. The Morgan fingerprint density at radius 3 is 2.45 bits per heavy atom. The van der Waals surface area contributed by atoms with Gasteiger partial charge in [0.05, 0.1) is 0 Å². The second-order valence-corrected chi connectivity index (χ2v) is 8.03. The molecule has 0 aromatic rings. The molecule has 2 nitrogen and oxygen atoms in total. The molecule has 1 N–H and O–H groups in total. The van der Waals surface area contributed by atoms with Crippen LogP contribution in [0.3, 0.4) is 0 Å². The third-order valence-corrected chi connectivity index (χ3v) is 6.83. The number of piperidine rings is 1.